The Hall–Kier alpha value is -1.67. The van der Waals surface area contributed by atoms with Crippen molar-refractivity contribution in [2.24, 2.45) is 0 Å². The summed E-state index contributed by atoms with van der Waals surface area (Å²) in [5.74, 6) is -0.311. The topological polar surface area (TPSA) is 20.2 Å². The molecule has 0 saturated carbocycles. The molecule has 0 fully saturated rings. The second-order valence-electron chi connectivity index (χ2n) is 5.06. The van der Waals surface area contributed by atoms with E-state index in [1.165, 1.54) is 28.8 Å². The normalized spacial score (nSPS) is 12.4. The molecule has 100 valence electrons. The molecular formula is C17H19FO. The van der Waals surface area contributed by atoms with Gasteiger partial charge in [-0.3, -0.25) is 0 Å². The zero-order valence-electron chi connectivity index (χ0n) is 11.4. The molecule has 0 radical (unpaired) electrons. The van der Waals surface area contributed by atoms with E-state index in [1.807, 2.05) is 6.07 Å². The first-order valence-electron chi connectivity index (χ1n) is 6.52. The minimum Gasteiger partial charge on any atom is -0.396 e. The largest absolute Gasteiger partial charge is 0.396 e. The summed E-state index contributed by atoms with van der Waals surface area (Å²) in [6, 6.07) is 12.8. The van der Waals surface area contributed by atoms with Crippen molar-refractivity contribution < 1.29 is 9.50 Å². The fraction of sp³-hybridized carbons (Fsp3) is 0.294. The molecule has 19 heavy (non-hydrogen) atoms. The summed E-state index contributed by atoms with van der Waals surface area (Å²) in [5, 5.41) is 9.53. The van der Waals surface area contributed by atoms with Crippen LogP contribution in [-0.2, 0) is 6.42 Å². The van der Waals surface area contributed by atoms with Crippen LogP contribution in [0, 0.1) is 19.7 Å². The minimum absolute atomic E-state index is 0.0242. The SMILES string of the molecule is Cc1ccc(CC(CO)c2cccc(F)c2)cc1C. The van der Waals surface area contributed by atoms with Crippen molar-refractivity contribution in [3.63, 3.8) is 0 Å². The van der Waals surface area contributed by atoms with Gasteiger partial charge in [0.05, 0.1) is 6.61 Å². The third-order valence-electron chi connectivity index (χ3n) is 3.59. The van der Waals surface area contributed by atoms with Gasteiger partial charge >= 0.3 is 0 Å². The lowest BCUT2D eigenvalue weighted by Crippen LogP contribution is -2.08. The minimum atomic E-state index is -0.254. The van der Waals surface area contributed by atoms with Gasteiger partial charge in [-0.25, -0.2) is 4.39 Å². The van der Waals surface area contributed by atoms with Crippen molar-refractivity contribution in [1.82, 2.24) is 0 Å². The molecule has 1 nitrogen and oxygen atoms in total. The lowest BCUT2D eigenvalue weighted by molar-refractivity contribution is 0.264. The summed E-state index contributed by atoms with van der Waals surface area (Å²) in [7, 11) is 0. The Bertz CT molecular complexity index is 563. The van der Waals surface area contributed by atoms with Crippen LogP contribution in [0.25, 0.3) is 0 Å². The molecule has 0 aromatic heterocycles. The number of hydrogen-bond donors (Lipinski definition) is 1. The molecule has 2 heteroatoms. The number of aryl methyl sites for hydroxylation is 2. The first kappa shape index (κ1) is 13.8. The van der Waals surface area contributed by atoms with Gasteiger partial charge in [-0.2, -0.15) is 0 Å². The summed E-state index contributed by atoms with van der Waals surface area (Å²) in [6.07, 6.45) is 0.723. The highest BCUT2D eigenvalue weighted by atomic mass is 19.1. The first-order chi connectivity index (χ1) is 9.10. The van der Waals surface area contributed by atoms with Crippen molar-refractivity contribution in [3.05, 3.63) is 70.5 Å². The van der Waals surface area contributed by atoms with E-state index >= 15 is 0 Å². The Balaban J connectivity index is 2.21. The lowest BCUT2D eigenvalue weighted by Gasteiger charge is -2.15. The number of halogens is 1. The van der Waals surface area contributed by atoms with Gasteiger partial charge in [0.1, 0.15) is 5.82 Å². The van der Waals surface area contributed by atoms with E-state index in [0.29, 0.717) is 0 Å². The fourth-order valence-electron chi connectivity index (χ4n) is 2.26. The molecule has 2 aromatic rings. The molecule has 2 aromatic carbocycles. The fourth-order valence-corrected chi connectivity index (χ4v) is 2.26. The molecule has 1 unspecified atom stereocenters. The highest BCUT2D eigenvalue weighted by molar-refractivity contribution is 5.32. The first-order valence-corrected chi connectivity index (χ1v) is 6.52. The van der Waals surface area contributed by atoms with E-state index in [9.17, 15) is 9.50 Å². The number of benzene rings is 2. The lowest BCUT2D eigenvalue weighted by atomic mass is 9.91. The van der Waals surface area contributed by atoms with Crippen LogP contribution in [0.4, 0.5) is 4.39 Å². The van der Waals surface area contributed by atoms with E-state index in [0.717, 1.165) is 12.0 Å². The van der Waals surface area contributed by atoms with Crippen molar-refractivity contribution >= 4 is 0 Å². The molecule has 1 N–H and O–H groups in total. The van der Waals surface area contributed by atoms with Crippen molar-refractivity contribution in [2.45, 2.75) is 26.2 Å². The second-order valence-corrected chi connectivity index (χ2v) is 5.06. The van der Waals surface area contributed by atoms with Gasteiger partial charge in [-0.15, -0.1) is 0 Å². The van der Waals surface area contributed by atoms with Crippen LogP contribution in [-0.4, -0.2) is 11.7 Å². The Morgan fingerprint density at radius 1 is 1.05 bits per heavy atom. The van der Waals surface area contributed by atoms with Crippen LogP contribution in [0.5, 0.6) is 0 Å². The second kappa shape index (κ2) is 5.98. The Morgan fingerprint density at radius 2 is 1.84 bits per heavy atom. The van der Waals surface area contributed by atoms with Crippen LogP contribution >= 0.6 is 0 Å². The number of hydrogen-bond acceptors (Lipinski definition) is 1. The van der Waals surface area contributed by atoms with Crippen LogP contribution in [0.15, 0.2) is 42.5 Å². The predicted molar refractivity (Wildman–Crippen MR) is 75.8 cm³/mol. The number of rotatable bonds is 4. The summed E-state index contributed by atoms with van der Waals surface area (Å²) in [6.45, 7) is 4.18. The van der Waals surface area contributed by atoms with Crippen molar-refractivity contribution in [3.8, 4) is 0 Å². The number of aliphatic hydroxyl groups excluding tert-OH is 1. The highest BCUT2D eigenvalue weighted by Crippen LogP contribution is 2.22. The molecule has 0 aliphatic heterocycles. The van der Waals surface area contributed by atoms with Gasteiger partial charge in [0.2, 0.25) is 0 Å². The van der Waals surface area contributed by atoms with Crippen molar-refractivity contribution in [1.29, 1.82) is 0 Å². The number of aliphatic hydroxyl groups is 1. The van der Waals surface area contributed by atoms with Gasteiger partial charge in [0.15, 0.2) is 0 Å². The highest BCUT2D eigenvalue weighted by Gasteiger charge is 2.12. The summed E-state index contributed by atoms with van der Waals surface area (Å²) < 4.78 is 13.2. The molecule has 2 rings (SSSR count). The van der Waals surface area contributed by atoms with Crippen LogP contribution in [0.2, 0.25) is 0 Å². The van der Waals surface area contributed by atoms with Crippen LogP contribution in [0.3, 0.4) is 0 Å². The molecule has 0 bridgehead atoms. The van der Waals surface area contributed by atoms with E-state index in [-0.39, 0.29) is 18.3 Å². The third kappa shape index (κ3) is 3.42. The van der Waals surface area contributed by atoms with E-state index in [1.54, 1.807) is 6.07 Å². The van der Waals surface area contributed by atoms with Gasteiger partial charge in [-0.1, -0.05) is 30.3 Å². The average molecular weight is 258 g/mol. The van der Waals surface area contributed by atoms with E-state index < -0.39 is 0 Å². The molecule has 1 atom stereocenters. The molecule has 0 saturated heterocycles. The van der Waals surface area contributed by atoms with Gasteiger partial charge in [0.25, 0.3) is 0 Å². The molecule has 0 aliphatic carbocycles. The Morgan fingerprint density at radius 3 is 2.47 bits per heavy atom. The third-order valence-corrected chi connectivity index (χ3v) is 3.59. The molecule has 0 spiro atoms. The monoisotopic (exact) mass is 258 g/mol. The maximum absolute atomic E-state index is 13.2. The Kier molecular flexibility index (Phi) is 4.33. The summed E-state index contributed by atoms with van der Waals surface area (Å²) >= 11 is 0. The van der Waals surface area contributed by atoms with E-state index in [4.69, 9.17) is 0 Å². The zero-order chi connectivity index (χ0) is 13.8. The summed E-state index contributed by atoms with van der Waals surface area (Å²) in [4.78, 5) is 0. The smallest absolute Gasteiger partial charge is 0.123 e. The van der Waals surface area contributed by atoms with Crippen molar-refractivity contribution in [2.75, 3.05) is 6.61 Å². The zero-order valence-corrected chi connectivity index (χ0v) is 11.4. The van der Waals surface area contributed by atoms with Crippen LogP contribution in [0.1, 0.15) is 28.2 Å². The average Bonchev–Trinajstić information content (AvgIpc) is 2.40. The molecule has 0 amide bonds. The van der Waals surface area contributed by atoms with Gasteiger partial charge in [-0.05, 0) is 54.7 Å². The maximum atomic E-state index is 13.2. The van der Waals surface area contributed by atoms with Gasteiger partial charge in [0, 0.05) is 5.92 Å². The van der Waals surface area contributed by atoms with Gasteiger partial charge < -0.3 is 5.11 Å². The Labute approximate surface area is 113 Å². The predicted octanol–water partition coefficient (Wildman–Crippen LogP) is 3.76. The van der Waals surface area contributed by atoms with Crippen LogP contribution < -0.4 is 0 Å². The van der Waals surface area contributed by atoms with E-state index in [2.05, 4.69) is 32.0 Å². The molecule has 0 heterocycles. The quantitative estimate of drug-likeness (QED) is 0.885. The summed E-state index contributed by atoms with van der Waals surface area (Å²) in [5.41, 5.74) is 4.52. The standard InChI is InChI=1S/C17H19FO/c1-12-6-7-14(8-13(12)2)9-16(11-19)15-4-3-5-17(18)10-15/h3-8,10,16,19H,9,11H2,1-2H3. The molecular weight excluding hydrogens is 239 g/mol. The maximum Gasteiger partial charge on any atom is 0.123 e. The molecule has 0 aliphatic rings.